The number of aryl methyl sites for hydroxylation is 2. The molecule has 0 aliphatic heterocycles. The summed E-state index contributed by atoms with van der Waals surface area (Å²) in [5.41, 5.74) is 1.30. The zero-order valence-corrected chi connectivity index (χ0v) is 17.7. The Labute approximate surface area is 150 Å². The van der Waals surface area contributed by atoms with Crippen molar-refractivity contribution in [1.82, 2.24) is 0 Å². The second-order valence-electron chi connectivity index (χ2n) is 5.67. The molecule has 2 aromatic heterocycles. The zero-order valence-electron chi connectivity index (χ0n) is 17.7. The summed E-state index contributed by atoms with van der Waals surface area (Å²) >= 11 is 0. The summed E-state index contributed by atoms with van der Waals surface area (Å²) in [6, 6.07) is 6.24. The van der Waals surface area contributed by atoms with E-state index in [1.807, 2.05) is 34.0 Å². The first-order valence-electron chi connectivity index (χ1n) is 9.63. The van der Waals surface area contributed by atoms with E-state index in [1.165, 1.54) is 5.56 Å². The number of hydrogen-bond acceptors (Lipinski definition) is 2. The van der Waals surface area contributed by atoms with Crippen molar-refractivity contribution in [2.24, 2.45) is 0 Å². The molecule has 0 saturated heterocycles. The maximum absolute atomic E-state index is 5.49. The topological polar surface area (TPSA) is 26.3 Å². The van der Waals surface area contributed by atoms with Gasteiger partial charge in [0.15, 0.2) is 0 Å². The molecule has 0 N–H and O–H groups in total. The van der Waals surface area contributed by atoms with Crippen LogP contribution in [0.2, 0.25) is 0 Å². The van der Waals surface area contributed by atoms with Crippen molar-refractivity contribution in [2.45, 2.75) is 93.9 Å². The molecule has 24 heavy (non-hydrogen) atoms. The van der Waals surface area contributed by atoms with E-state index in [2.05, 4.69) is 59.7 Å². The summed E-state index contributed by atoms with van der Waals surface area (Å²) in [6.45, 7) is 20.8. The summed E-state index contributed by atoms with van der Waals surface area (Å²) in [5, 5.41) is 0. The van der Waals surface area contributed by atoms with Crippen molar-refractivity contribution in [1.29, 1.82) is 0 Å². The quantitative estimate of drug-likeness (QED) is 0.565. The van der Waals surface area contributed by atoms with Crippen LogP contribution < -0.4 is 0 Å². The Kier molecular flexibility index (Phi) is 15.6. The lowest BCUT2D eigenvalue weighted by atomic mass is 10.1. The Morgan fingerprint density at radius 2 is 1.33 bits per heavy atom. The molecule has 0 radical (unpaired) electrons. The van der Waals surface area contributed by atoms with Crippen molar-refractivity contribution < 1.29 is 8.83 Å². The van der Waals surface area contributed by atoms with Gasteiger partial charge in [-0.2, -0.15) is 0 Å². The van der Waals surface area contributed by atoms with Crippen LogP contribution in [0.25, 0.3) is 0 Å². The van der Waals surface area contributed by atoms with Crippen LogP contribution >= 0.6 is 0 Å². The van der Waals surface area contributed by atoms with Gasteiger partial charge in [0.1, 0.15) is 17.3 Å². The van der Waals surface area contributed by atoms with E-state index in [-0.39, 0.29) is 0 Å². The number of hydrogen-bond donors (Lipinski definition) is 0. The fourth-order valence-corrected chi connectivity index (χ4v) is 1.78. The fraction of sp³-hybridized carbons (Fsp3) is 0.636. The van der Waals surface area contributed by atoms with Crippen LogP contribution in [0.5, 0.6) is 0 Å². The molecule has 0 bridgehead atoms. The third-order valence-corrected chi connectivity index (χ3v) is 3.29. The molecule has 0 aliphatic carbocycles. The molecule has 0 unspecified atom stereocenters. The van der Waals surface area contributed by atoms with E-state index in [0.29, 0.717) is 11.8 Å². The molecule has 0 atom stereocenters. The molecule has 0 saturated carbocycles. The highest BCUT2D eigenvalue weighted by molar-refractivity contribution is 5.16. The Bertz CT molecular complexity index is 443. The van der Waals surface area contributed by atoms with E-state index in [4.69, 9.17) is 8.83 Å². The smallest absolute Gasteiger partial charge is 0.106 e. The standard InChI is InChI=1S/2C9H14O.2C2H6/c1-4-9-5-8(6-10-9)7(2)3;1-4-8-5-6-9(10-8)7(2)3;2*1-2/h2*5-7H,4H2,1-3H3;2*1-2H3. The van der Waals surface area contributed by atoms with Crippen molar-refractivity contribution in [3.63, 3.8) is 0 Å². The van der Waals surface area contributed by atoms with Gasteiger partial charge in [-0.25, -0.2) is 0 Å². The Balaban J connectivity index is 0. The largest absolute Gasteiger partial charge is 0.469 e. The zero-order chi connectivity index (χ0) is 19.1. The van der Waals surface area contributed by atoms with Crippen molar-refractivity contribution in [2.75, 3.05) is 0 Å². The molecule has 2 rings (SSSR count). The van der Waals surface area contributed by atoms with Crippen LogP contribution in [-0.2, 0) is 12.8 Å². The Hall–Kier alpha value is -1.44. The third-order valence-electron chi connectivity index (χ3n) is 3.29. The van der Waals surface area contributed by atoms with Crippen LogP contribution in [0.4, 0.5) is 0 Å². The van der Waals surface area contributed by atoms with Gasteiger partial charge in [-0.3, -0.25) is 0 Å². The van der Waals surface area contributed by atoms with Gasteiger partial charge in [-0.15, -0.1) is 0 Å². The average molecular weight is 337 g/mol. The second-order valence-corrected chi connectivity index (χ2v) is 5.67. The molecular formula is C22H40O2. The lowest BCUT2D eigenvalue weighted by molar-refractivity contribution is 0.451. The van der Waals surface area contributed by atoms with Crippen LogP contribution in [0.1, 0.15) is 104 Å². The molecule has 0 aromatic carbocycles. The molecule has 2 nitrogen and oxygen atoms in total. The van der Waals surface area contributed by atoms with Gasteiger partial charge in [0.05, 0.1) is 6.26 Å². The monoisotopic (exact) mass is 336 g/mol. The SMILES string of the molecule is CC.CC.CCc1cc(C(C)C)co1.CCc1ccc(C(C)C)o1. The van der Waals surface area contributed by atoms with Crippen LogP contribution in [0.3, 0.4) is 0 Å². The number of rotatable bonds is 4. The molecular weight excluding hydrogens is 296 g/mol. The molecule has 0 fully saturated rings. The predicted molar refractivity (Wildman–Crippen MR) is 107 cm³/mol. The maximum Gasteiger partial charge on any atom is 0.106 e. The van der Waals surface area contributed by atoms with Crippen molar-refractivity contribution in [3.05, 3.63) is 47.3 Å². The second kappa shape index (κ2) is 15.1. The van der Waals surface area contributed by atoms with Gasteiger partial charge in [-0.1, -0.05) is 69.2 Å². The first-order chi connectivity index (χ1) is 11.5. The molecule has 2 heterocycles. The van der Waals surface area contributed by atoms with E-state index in [9.17, 15) is 0 Å². The highest BCUT2D eigenvalue weighted by Gasteiger charge is 2.03. The molecule has 0 aliphatic rings. The molecule has 2 aromatic rings. The molecule has 0 spiro atoms. The van der Waals surface area contributed by atoms with Gasteiger partial charge < -0.3 is 8.83 Å². The van der Waals surface area contributed by atoms with Gasteiger partial charge in [0.25, 0.3) is 0 Å². The molecule has 0 amide bonds. The average Bonchev–Trinajstić information content (AvgIpc) is 3.28. The third kappa shape index (κ3) is 9.64. The first-order valence-corrected chi connectivity index (χ1v) is 9.63. The summed E-state index contributed by atoms with van der Waals surface area (Å²) in [7, 11) is 0. The highest BCUT2D eigenvalue weighted by atomic mass is 16.3. The maximum atomic E-state index is 5.49. The lowest BCUT2D eigenvalue weighted by Gasteiger charge is -1.97. The van der Waals surface area contributed by atoms with Crippen molar-refractivity contribution in [3.8, 4) is 0 Å². The van der Waals surface area contributed by atoms with E-state index >= 15 is 0 Å². The first kappa shape index (κ1) is 24.8. The van der Waals surface area contributed by atoms with Crippen LogP contribution in [0, 0.1) is 0 Å². The minimum Gasteiger partial charge on any atom is -0.469 e. The summed E-state index contributed by atoms with van der Waals surface area (Å²) < 4.78 is 10.8. The van der Waals surface area contributed by atoms with Gasteiger partial charge in [0.2, 0.25) is 0 Å². The van der Waals surface area contributed by atoms with E-state index in [1.54, 1.807) is 0 Å². The van der Waals surface area contributed by atoms with Crippen LogP contribution in [-0.4, -0.2) is 0 Å². The van der Waals surface area contributed by atoms with Gasteiger partial charge in [-0.05, 0) is 29.7 Å². The predicted octanol–water partition coefficient (Wildman–Crippen LogP) is 7.98. The lowest BCUT2D eigenvalue weighted by Crippen LogP contribution is -1.80. The number of furan rings is 2. The van der Waals surface area contributed by atoms with E-state index < -0.39 is 0 Å². The minimum atomic E-state index is 0.514. The van der Waals surface area contributed by atoms with Gasteiger partial charge in [0, 0.05) is 18.8 Å². The van der Waals surface area contributed by atoms with E-state index in [0.717, 1.165) is 30.1 Å². The Morgan fingerprint density at radius 1 is 0.792 bits per heavy atom. The summed E-state index contributed by atoms with van der Waals surface area (Å²) in [6.07, 6.45) is 3.84. The van der Waals surface area contributed by atoms with Gasteiger partial charge >= 0.3 is 0 Å². The summed E-state index contributed by atoms with van der Waals surface area (Å²) in [4.78, 5) is 0. The Morgan fingerprint density at radius 3 is 1.58 bits per heavy atom. The minimum absolute atomic E-state index is 0.514. The van der Waals surface area contributed by atoms with Crippen LogP contribution in [0.15, 0.2) is 33.3 Å². The van der Waals surface area contributed by atoms with Crippen molar-refractivity contribution >= 4 is 0 Å². The fourth-order valence-electron chi connectivity index (χ4n) is 1.78. The summed E-state index contributed by atoms with van der Waals surface area (Å²) in [5.74, 6) is 4.37. The normalized spacial score (nSPS) is 9.50. The molecule has 140 valence electrons. The molecule has 2 heteroatoms. The highest BCUT2D eigenvalue weighted by Crippen LogP contribution is 2.18.